The normalized spacial score (nSPS) is 32.3. The number of nitrogens with one attached hydrogen (secondary N) is 1. The van der Waals surface area contributed by atoms with Crippen molar-refractivity contribution in [3.63, 3.8) is 0 Å². The molecule has 1 amide bonds. The van der Waals surface area contributed by atoms with Crippen LogP contribution in [-0.4, -0.2) is 45.9 Å². The summed E-state index contributed by atoms with van der Waals surface area (Å²) in [6.07, 6.45) is 2.76. The van der Waals surface area contributed by atoms with Crippen LogP contribution < -0.4 is 5.32 Å². The number of rotatable bonds is 5. The van der Waals surface area contributed by atoms with Gasteiger partial charge in [0, 0.05) is 30.5 Å². The van der Waals surface area contributed by atoms with Crippen LogP contribution in [0.25, 0.3) is 0 Å². The van der Waals surface area contributed by atoms with Gasteiger partial charge >= 0.3 is 5.97 Å². The van der Waals surface area contributed by atoms with Crippen LogP contribution >= 0.6 is 0 Å². The fraction of sp³-hybridized carbons (Fsp3) is 0.600. The molecule has 1 saturated carbocycles. The lowest BCUT2D eigenvalue weighted by atomic mass is 9.86. The number of nitrogens with zero attached hydrogens (tertiary/aromatic N) is 1. The van der Waals surface area contributed by atoms with E-state index in [1.54, 1.807) is 12.1 Å². The number of carboxylic acids is 1. The summed E-state index contributed by atoms with van der Waals surface area (Å²) in [5.41, 5.74) is 0.213. The van der Waals surface area contributed by atoms with E-state index in [0.29, 0.717) is 19.4 Å². The summed E-state index contributed by atoms with van der Waals surface area (Å²) in [5, 5.41) is 11.8. The molecule has 2 saturated heterocycles. The van der Waals surface area contributed by atoms with Gasteiger partial charge in [-0.15, -0.1) is 0 Å². The third kappa shape index (κ3) is 3.12. The highest BCUT2D eigenvalue weighted by atomic mass is 19.3. The van der Waals surface area contributed by atoms with Crippen molar-refractivity contribution in [2.24, 2.45) is 5.41 Å². The highest BCUT2D eigenvalue weighted by molar-refractivity contribution is 5.87. The van der Waals surface area contributed by atoms with Crippen molar-refractivity contribution in [3.05, 3.63) is 35.4 Å². The number of alkyl halides is 2. The zero-order chi connectivity index (χ0) is 19.4. The number of carboxylic acid groups (broad SMARTS) is 1. The van der Waals surface area contributed by atoms with Gasteiger partial charge in [-0.05, 0) is 50.3 Å². The molecule has 146 valence electrons. The average molecular weight is 378 g/mol. The maximum atomic E-state index is 13.8. The smallest absolute Gasteiger partial charge is 0.335 e. The molecule has 7 heteroatoms. The molecule has 27 heavy (non-hydrogen) atoms. The number of hydrogen-bond donors (Lipinski definition) is 2. The van der Waals surface area contributed by atoms with Crippen LogP contribution in [0.4, 0.5) is 8.78 Å². The molecule has 4 rings (SSSR count). The number of amides is 1. The Hall–Kier alpha value is -2.02. The van der Waals surface area contributed by atoms with Crippen molar-refractivity contribution in [1.82, 2.24) is 10.2 Å². The van der Waals surface area contributed by atoms with E-state index in [4.69, 9.17) is 5.11 Å². The minimum absolute atomic E-state index is 0.00769. The molecule has 3 atom stereocenters. The SMILES string of the molecule is CC(C(=O)NCc1ccc(C(=O)O)cc1)N1C2CCC1CC1(C2)CC1(F)F. The first-order valence-electron chi connectivity index (χ1n) is 9.48. The third-order valence-electron chi connectivity index (χ3n) is 6.63. The molecule has 2 heterocycles. The molecule has 2 N–H and O–H groups in total. The topological polar surface area (TPSA) is 69.6 Å². The molecule has 1 aromatic rings. The molecule has 1 aliphatic carbocycles. The molecule has 2 aliphatic heterocycles. The van der Waals surface area contributed by atoms with Crippen molar-refractivity contribution >= 4 is 11.9 Å². The van der Waals surface area contributed by atoms with Gasteiger partial charge in [0.05, 0.1) is 11.6 Å². The molecular formula is C20H24F2N2O3. The van der Waals surface area contributed by atoms with Crippen molar-refractivity contribution in [3.8, 4) is 0 Å². The van der Waals surface area contributed by atoms with Gasteiger partial charge < -0.3 is 10.4 Å². The summed E-state index contributed by atoms with van der Waals surface area (Å²) in [6.45, 7) is 2.16. The van der Waals surface area contributed by atoms with Crippen LogP contribution in [0, 0.1) is 5.41 Å². The van der Waals surface area contributed by atoms with E-state index >= 15 is 0 Å². The van der Waals surface area contributed by atoms with Crippen LogP contribution in [0.3, 0.4) is 0 Å². The lowest BCUT2D eigenvalue weighted by Gasteiger charge is -2.42. The fourth-order valence-electron chi connectivity index (χ4n) is 5.08. The van der Waals surface area contributed by atoms with Gasteiger partial charge in [0.15, 0.2) is 0 Å². The number of benzene rings is 1. The maximum Gasteiger partial charge on any atom is 0.335 e. The van der Waals surface area contributed by atoms with Gasteiger partial charge in [-0.3, -0.25) is 9.69 Å². The minimum Gasteiger partial charge on any atom is -0.478 e. The highest BCUT2D eigenvalue weighted by Crippen LogP contribution is 2.69. The number of hydrogen-bond acceptors (Lipinski definition) is 3. The number of halogens is 2. The lowest BCUT2D eigenvalue weighted by Crippen LogP contribution is -2.54. The monoisotopic (exact) mass is 378 g/mol. The summed E-state index contributed by atoms with van der Waals surface area (Å²) in [5.74, 6) is -3.63. The first-order chi connectivity index (χ1) is 12.7. The predicted molar refractivity (Wildman–Crippen MR) is 94.6 cm³/mol. The molecule has 0 aromatic heterocycles. The fourth-order valence-corrected chi connectivity index (χ4v) is 5.08. The minimum atomic E-state index is -2.52. The zero-order valence-electron chi connectivity index (χ0n) is 15.3. The lowest BCUT2D eigenvalue weighted by molar-refractivity contribution is -0.129. The van der Waals surface area contributed by atoms with Crippen molar-refractivity contribution in [2.75, 3.05) is 0 Å². The number of aromatic carboxylic acids is 1. The number of carbonyl (C=O) groups is 2. The molecule has 5 nitrogen and oxygen atoms in total. The van der Waals surface area contributed by atoms with Gasteiger partial charge in [0.1, 0.15) is 0 Å². The number of piperidine rings is 1. The number of carbonyl (C=O) groups excluding carboxylic acids is 1. The van der Waals surface area contributed by atoms with Crippen molar-refractivity contribution in [1.29, 1.82) is 0 Å². The molecule has 2 bridgehead atoms. The molecular weight excluding hydrogens is 354 g/mol. The molecule has 3 fully saturated rings. The summed E-state index contributed by atoms with van der Waals surface area (Å²) in [4.78, 5) is 25.6. The van der Waals surface area contributed by atoms with Gasteiger partial charge in [-0.1, -0.05) is 12.1 Å². The largest absolute Gasteiger partial charge is 0.478 e. The van der Waals surface area contributed by atoms with E-state index in [0.717, 1.165) is 18.4 Å². The highest BCUT2D eigenvalue weighted by Gasteiger charge is 2.74. The van der Waals surface area contributed by atoms with E-state index in [-0.39, 0.29) is 36.0 Å². The standard InChI is InChI=1S/C20H24F2N2O3/c1-12(17(25)23-10-13-2-4-14(5-3-13)18(26)27)24-15-6-7-16(24)9-19(8-15)11-20(19,21)22/h2-5,12,15-16H,6-11H2,1H3,(H,23,25)(H,26,27). The molecule has 3 aliphatic rings. The van der Waals surface area contributed by atoms with E-state index < -0.39 is 17.3 Å². The van der Waals surface area contributed by atoms with Crippen LogP contribution in [-0.2, 0) is 11.3 Å². The van der Waals surface area contributed by atoms with Crippen LogP contribution in [0.5, 0.6) is 0 Å². The molecule has 0 radical (unpaired) electrons. The van der Waals surface area contributed by atoms with E-state index in [9.17, 15) is 18.4 Å². The first-order valence-corrected chi connectivity index (χ1v) is 9.48. The Balaban J connectivity index is 1.35. The van der Waals surface area contributed by atoms with Crippen molar-refractivity contribution in [2.45, 2.75) is 69.6 Å². The van der Waals surface area contributed by atoms with Crippen LogP contribution in [0.2, 0.25) is 0 Å². The Kier molecular flexibility index (Phi) is 4.25. The van der Waals surface area contributed by atoms with Crippen LogP contribution in [0.1, 0.15) is 54.9 Å². The molecule has 3 unspecified atom stereocenters. The van der Waals surface area contributed by atoms with Gasteiger partial charge in [0.25, 0.3) is 5.92 Å². The second-order valence-electron chi connectivity index (χ2n) is 8.30. The van der Waals surface area contributed by atoms with Gasteiger partial charge in [-0.25, -0.2) is 13.6 Å². The summed E-state index contributed by atoms with van der Waals surface area (Å²) < 4.78 is 27.6. The Morgan fingerprint density at radius 2 is 1.78 bits per heavy atom. The summed E-state index contributed by atoms with van der Waals surface area (Å²) in [6, 6.07) is 6.14. The van der Waals surface area contributed by atoms with Crippen molar-refractivity contribution < 1.29 is 23.5 Å². The Morgan fingerprint density at radius 3 is 2.26 bits per heavy atom. The average Bonchev–Trinajstić information content (AvgIpc) is 3.02. The first kappa shape index (κ1) is 18.3. The van der Waals surface area contributed by atoms with E-state index in [1.165, 1.54) is 12.1 Å². The van der Waals surface area contributed by atoms with Crippen LogP contribution in [0.15, 0.2) is 24.3 Å². The Morgan fingerprint density at radius 1 is 1.22 bits per heavy atom. The molecule has 1 aromatic carbocycles. The predicted octanol–water partition coefficient (Wildman–Crippen LogP) is 3.04. The third-order valence-corrected chi connectivity index (χ3v) is 6.63. The Labute approximate surface area is 156 Å². The zero-order valence-corrected chi connectivity index (χ0v) is 15.3. The van der Waals surface area contributed by atoms with E-state index in [1.807, 2.05) is 6.92 Å². The molecule has 1 spiro atoms. The summed E-state index contributed by atoms with van der Waals surface area (Å²) >= 11 is 0. The summed E-state index contributed by atoms with van der Waals surface area (Å²) in [7, 11) is 0. The van der Waals surface area contributed by atoms with E-state index in [2.05, 4.69) is 10.2 Å². The van der Waals surface area contributed by atoms with Gasteiger partial charge in [0.2, 0.25) is 5.91 Å². The maximum absolute atomic E-state index is 13.8. The van der Waals surface area contributed by atoms with Gasteiger partial charge in [-0.2, -0.15) is 0 Å². The Bertz CT molecular complexity index is 751. The second-order valence-corrected chi connectivity index (χ2v) is 8.30. The number of fused-ring (bicyclic) bond motifs is 2. The second kappa shape index (κ2) is 6.26. The quantitative estimate of drug-likeness (QED) is 0.826.